The molecule has 0 saturated carbocycles. The monoisotopic (exact) mass is 409 g/mol. The molecule has 0 spiro atoms. The molecule has 1 fully saturated rings. The predicted molar refractivity (Wildman–Crippen MR) is 118 cm³/mol. The van der Waals surface area contributed by atoms with Gasteiger partial charge in [-0.2, -0.15) is 0 Å². The maximum absolute atomic E-state index is 10.6. The summed E-state index contributed by atoms with van der Waals surface area (Å²) in [4.78, 5) is 1.64. The van der Waals surface area contributed by atoms with Gasteiger partial charge in [-0.05, 0) is 56.0 Å². The number of nitrogens with zero attached hydrogens (tertiary/aromatic N) is 2. The summed E-state index contributed by atoms with van der Waals surface area (Å²) >= 11 is 0. The number of hydrogen-bond donors (Lipinski definition) is 3. The highest BCUT2D eigenvalue weighted by molar-refractivity contribution is 5.75. The Balaban J connectivity index is 1.47. The third kappa shape index (κ3) is 4.77. The molecule has 6 heteroatoms. The van der Waals surface area contributed by atoms with Crippen molar-refractivity contribution in [2.75, 3.05) is 26.2 Å². The van der Waals surface area contributed by atoms with E-state index in [9.17, 15) is 5.11 Å². The summed E-state index contributed by atoms with van der Waals surface area (Å²) in [5.41, 5.74) is 3.63. The van der Waals surface area contributed by atoms with E-state index in [0.717, 1.165) is 35.4 Å². The van der Waals surface area contributed by atoms with Gasteiger partial charge < -0.3 is 23.9 Å². The van der Waals surface area contributed by atoms with Crippen LogP contribution in [0.2, 0.25) is 0 Å². The summed E-state index contributed by atoms with van der Waals surface area (Å²) in [7, 11) is 0. The first-order valence-corrected chi connectivity index (χ1v) is 11.1. The van der Waals surface area contributed by atoms with Crippen molar-refractivity contribution in [1.29, 1.82) is 5.41 Å². The quantitative estimate of drug-likeness (QED) is 0.531. The molecule has 1 aromatic heterocycles. The number of hydrogen-bond acceptors (Lipinski definition) is 3. The van der Waals surface area contributed by atoms with Crippen molar-refractivity contribution in [1.82, 2.24) is 9.13 Å². The number of quaternary nitrogens is 1. The van der Waals surface area contributed by atoms with Crippen LogP contribution in [-0.2, 0) is 13.1 Å². The second-order valence-corrected chi connectivity index (χ2v) is 8.42. The molecule has 2 aromatic carbocycles. The van der Waals surface area contributed by atoms with Crippen molar-refractivity contribution in [2.24, 2.45) is 0 Å². The summed E-state index contributed by atoms with van der Waals surface area (Å²) < 4.78 is 9.77. The van der Waals surface area contributed by atoms with Gasteiger partial charge in [-0.15, -0.1) is 0 Å². The number of nitrogens with one attached hydrogen (secondary N) is 2. The minimum atomic E-state index is -0.688. The Bertz CT molecular complexity index is 1030. The van der Waals surface area contributed by atoms with Crippen LogP contribution in [0.1, 0.15) is 24.8 Å². The van der Waals surface area contributed by atoms with E-state index in [0.29, 0.717) is 12.2 Å². The molecule has 1 saturated heterocycles. The molecule has 4 rings (SSSR count). The molecule has 1 aliphatic heterocycles. The number of para-hydroxylation sites is 2. The smallest absolute Gasteiger partial charge is 0.203 e. The number of aromatic nitrogens is 2. The lowest BCUT2D eigenvalue weighted by Gasteiger charge is -2.23. The van der Waals surface area contributed by atoms with Gasteiger partial charge in [0.25, 0.3) is 0 Å². The zero-order chi connectivity index (χ0) is 20.9. The standard InChI is InChI=1S/C24H32N4O2/c1-19-8-7-9-21(16-19)30-18-20(29)17-28-23-11-4-3-10-22(23)27(24(28)25)15-14-26-12-5-2-6-13-26/h3-4,7-11,16,20,25,29H,2,5-6,12-15,17-18H2,1H3/p+1/t20-/m0/s1. The fraction of sp³-hybridized carbons (Fsp3) is 0.458. The predicted octanol–water partition coefficient (Wildman–Crippen LogP) is 1.74. The van der Waals surface area contributed by atoms with Crippen molar-refractivity contribution in [3.05, 3.63) is 59.7 Å². The van der Waals surface area contributed by atoms with Gasteiger partial charge in [0, 0.05) is 0 Å². The molecule has 30 heavy (non-hydrogen) atoms. The van der Waals surface area contributed by atoms with Crippen LogP contribution in [0.3, 0.4) is 0 Å². The van der Waals surface area contributed by atoms with E-state index in [2.05, 4.69) is 10.6 Å². The van der Waals surface area contributed by atoms with Gasteiger partial charge in [-0.1, -0.05) is 24.3 Å². The molecule has 6 nitrogen and oxygen atoms in total. The zero-order valence-electron chi connectivity index (χ0n) is 17.8. The van der Waals surface area contributed by atoms with E-state index in [-0.39, 0.29) is 6.61 Å². The first kappa shape index (κ1) is 20.7. The number of aliphatic hydroxyl groups is 1. The number of aryl methyl sites for hydroxylation is 1. The normalized spacial score (nSPS) is 16.1. The molecule has 0 radical (unpaired) electrons. The lowest BCUT2D eigenvalue weighted by Crippen LogP contribution is -3.13. The third-order valence-electron chi connectivity index (χ3n) is 6.05. The van der Waals surface area contributed by atoms with Crippen LogP contribution < -0.4 is 15.3 Å². The molecular weight excluding hydrogens is 376 g/mol. The third-order valence-corrected chi connectivity index (χ3v) is 6.05. The molecule has 0 bridgehead atoms. The molecule has 3 aromatic rings. The Morgan fingerprint density at radius 2 is 1.77 bits per heavy atom. The van der Waals surface area contributed by atoms with Crippen molar-refractivity contribution in [2.45, 2.75) is 45.4 Å². The van der Waals surface area contributed by atoms with E-state index in [1.54, 1.807) is 4.90 Å². The van der Waals surface area contributed by atoms with Crippen LogP contribution in [0.15, 0.2) is 48.5 Å². The van der Waals surface area contributed by atoms with Crippen LogP contribution >= 0.6 is 0 Å². The number of ether oxygens (including phenoxy) is 1. The average molecular weight is 410 g/mol. The van der Waals surface area contributed by atoms with Crippen LogP contribution in [0, 0.1) is 12.3 Å². The Morgan fingerprint density at radius 3 is 2.50 bits per heavy atom. The molecule has 1 atom stereocenters. The van der Waals surface area contributed by atoms with Crippen LogP contribution in [0.5, 0.6) is 5.75 Å². The zero-order valence-corrected chi connectivity index (χ0v) is 17.8. The maximum Gasteiger partial charge on any atom is 0.203 e. The molecule has 0 aliphatic carbocycles. The summed E-state index contributed by atoms with van der Waals surface area (Å²) in [5, 5.41) is 19.4. The Labute approximate surface area is 177 Å². The van der Waals surface area contributed by atoms with Crippen molar-refractivity contribution in [3.63, 3.8) is 0 Å². The number of fused-ring (bicyclic) bond motifs is 1. The highest BCUT2D eigenvalue weighted by Crippen LogP contribution is 2.15. The Hall–Kier alpha value is -2.57. The molecule has 0 unspecified atom stereocenters. The van der Waals surface area contributed by atoms with E-state index >= 15 is 0 Å². The highest BCUT2D eigenvalue weighted by atomic mass is 16.5. The fourth-order valence-corrected chi connectivity index (χ4v) is 4.44. The van der Waals surface area contributed by atoms with Crippen LogP contribution in [-0.4, -0.2) is 46.6 Å². The van der Waals surface area contributed by atoms with Crippen molar-refractivity contribution in [3.8, 4) is 5.75 Å². The fourth-order valence-electron chi connectivity index (χ4n) is 4.44. The number of imidazole rings is 1. The van der Waals surface area contributed by atoms with Gasteiger partial charge in [0.05, 0.1) is 43.8 Å². The highest BCUT2D eigenvalue weighted by Gasteiger charge is 2.17. The Morgan fingerprint density at radius 1 is 1.03 bits per heavy atom. The largest absolute Gasteiger partial charge is 0.491 e. The summed E-state index contributed by atoms with van der Waals surface area (Å²) in [6.07, 6.45) is 3.28. The van der Waals surface area contributed by atoms with E-state index in [1.807, 2.05) is 54.0 Å². The summed E-state index contributed by atoms with van der Waals surface area (Å²) in [6, 6.07) is 16.0. The van der Waals surface area contributed by atoms with Crippen molar-refractivity contribution >= 4 is 11.0 Å². The van der Waals surface area contributed by atoms with Gasteiger partial charge in [-0.25, -0.2) is 0 Å². The van der Waals surface area contributed by atoms with Crippen LogP contribution in [0.25, 0.3) is 11.0 Å². The number of likely N-dealkylation sites (tertiary alicyclic amines) is 1. The van der Waals surface area contributed by atoms with Gasteiger partial charge in [0.2, 0.25) is 5.62 Å². The average Bonchev–Trinajstić information content (AvgIpc) is 3.03. The second-order valence-electron chi connectivity index (χ2n) is 8.42. The molecule has 160 valence electrons. The lowest BCUT2D eigenvalue weighted by atomic mass is 10.1. The minimum Gasteiger partial charge on any atom is -0.491 e. The SMILES string of the molecule is Cc1cccc(OC[C@@H](O)Cn2c(=N)n(CC[NH+]3CCCCC3)c3ccccc32)c1. The van der Waals surface area contributed by atoms with Gasteiger partial charge in [0.15, 0.2) is 0 Å². The first-order chi connectivity index (χ1) is 14.6. The second kappa shape index (κ2) is 9.49. The van der Waals surface area contributed by atoms with Gasteiger partial charge in [-0.3, -0.25) is 5.41 Å². The minimum absolute atomic E-state index is 0.202. The molecule has 3 N–H and O–H groups in total. The number of aliphatic hydroxyl groups excluding tert-OH is 1. The summed E-state index contributed by atoms with van der Waals surface area (Å²) in [5.74, 6) is 0.761. The lowest BCUT2D eigenvalue weighted by molar-refractivity contribution is -0.905. The van der Waals surface area contributed by atoms with E-state index in [1.165, 1.54) is 32.4 Å². The molecule has 2 heterocycles. The topological polar surface area (TPSA) is 67.6 Å². The first-order valence-electron chi connectivity index (χ1n) is 11.1. The maximum atomic E-state index is 10.6. The molecule has 1 aliphatic rings. The van der Waals surface area contributed by atoms with Crippen LogP contribution in [0.4, 0.5) is 0 Å². The molecule has 0 amide bonds. The molecular formula is C24H33N4O2+. The van der Waals surface area contributed by atoms with E-state index < -0.39 is 6.10 Å². The van der Waals surface area contributed by atoms with Crippen molar-refractivity contribution < 1.29 is 14.7 Å². The summed E-state index contributed by atoms with van der Waals surface area (Å²) in [6.45, 7) is 6.91. The van der Waals surface area contributed by atoms with Gasteiger partial charge in [0.1, 0.15) is 18.5 Å². The number of benzene rings is 2. The Kier molecular flexibility index (Phi) is 6.55. The number of rotatable bonds is 8. The van der Waals surface area contributed by atoms with Gasteiger partial charge >= 0.3 is 0 Å². The number of piperidine rings is 1. The van der Waals surface area contributed by atoms with E-state index in [4.69, 9.17) is 10.1 Å².